The molecule has 0 aliphatic heterocycles. The molecule has 0 bridgehead atoms. The summed E-state index contributed by atoms with van der Waals surface area (Å²) in [6.45, 7) is 0. The Morgan fingerprint density at radius 1 is 1.30 bits per heavy atom. The van der Waals surface area contributed by atoms with Crippen molar-refractivity contribution in [3.05, 3.63) is 10.1 Å². The Hall–Kier alpha value is 0.470. The molecule has 0 spiro atoms. The van der Waals surface area contributed by atoms with Crippen LogP contribution in [0.1, 0.15) is 0 Å². The van der Waals surface area contributed by atoms with Crippen LogP contribution in [0.2, 0.25) is 0 Å². The Morgan fingerprint density at radius 2 is 1.30 bits per heavy atom. The van der Waals surface area contributed by atoms with Crippen molar-refractivity contribution in [2.24, 2.45) is 0 Å². The summed E-state index contributed by atoms with van der Waals surface area (Å²) in [6.07, 6.45) is -2.33. The quantitative estimate of drug-likeness (QED) is 0.218. The fourth-order valence-electron chi connectivity index (χ4n) is 0. The van der Waals surface area contributed by atoms with E-state index in [1.807, 2.05) is 0 Å². The van der Waals surface area contributed by atoms with Gasteiger partial charge in [-0.25, -0.2) is 0 Å². The first-order valence-electron chi connectivity index (χ1n) is 1.18. The van der Waals surface area contributed by atoms with E-state index in [2.05, 4.69) is 0 Å². The third kappa shape index (κ3) is 2140. The summed E-state index contributed by atoms with van der Waals surface area (Å²) in [5, 5.41) is 30.3. The molecule has 7 nitrogen and oxygen atoms in total. The standard InChI is InChI=1S/CH2O3.HNO3.2Na/c2*2-1(3)4;;/h(H2,2,3,4);(H,2,3,4);;/q;;2*+1/p-2. The zero-order chi connectivity index (χ0) is 7.15. The van der Waals surface area contributed by atoms with Crippen LogP contribution in [0.5, 0.6) is 0 Å². The van der Waals surface area contributed by atoms with Gasteiger partial charge in [-0.15, -0.1) is 10.1 Å². The summed E-state index contributed by atoms with van der Waals surface area (Å²) >= 11 is 0. The fourth-order valence-corrected chi connectivity index (χ4v) is 0. The number of carbonyl (C=O) groups excluding carboxylic acids is 1. The second-order valence-corrected chi connectivity index (χ2v) is 0.488. The van der Waals surface area contributed by atoms with Gasteiger partial charge < -0.3 is 20.2 Å². The molecule has 0 fully saturated rings. The Labute approximate surface area is 99.7 Å². The second kappa shape index (κ2) is 16.2. The van der Waals surface area contributed by atoms with Crippen molar-refractivity contribution in [1.82, 2.24) is 0 Å². The van der Waals surface area contributed by atoms with Gasteiger partial charge in [0.1, 0.15) is 0 Å². The Balaban J connectivity index is -0.0000000300. The van der Waals surface area contributed by atoms with Crippen LogP contribution in [0.3, 0.4) is 0 Å². The summed E-state index contributed by atoms with van der Waals surface area (Å²) in [5.74, 6) is 0. The molecule has 48 valence electrons. The molecule has 0 saturated heterocycles. The number of hydrogen-bond acceptors (Lipinski definition) is 5. The third-order valence-electron chi connectivity index (χ3n) is 0. The van der Waals surface area contributed by atoms with E-state index in [1.54, 1.807) is 0 Å². The molecule has 1 N–H and O–H groups in total. The molecule has 0 aromatic rings. The summed E-state index contributed by atoms with van der Waals surface area (Å²) in [4.78, 5) is 16.7. The van der Waals surface area contributed by atoms with Gasteiger partial charge in [-0.1, -0.05) is 0 Å². The van der Waals surface area contributed by atoms with Gasteiger partial charge in [0.2, 0.25) is 0 Å². The van der Waals surface area contributed by atoms with Gasteiger partial charge in [-0.3, -0.25) is 0 Å². The van der Waals surface area contributed by atoms with Crippen molar-refractivity contribution in [3.63, 3.8) is 0 Å². The molecule has 0 rings (SSSR count). The van der Waals surface area contributed by atoms with E-state index < -0.39 is 11.2 Å². The molecule has 0 radical (unpaired) electrons. The fraction of sp³-hybridized carbons (Fsp3) is 0. The van der Waals surface area contributed by atoms with Gasteiger partial charge >= 0.3 is 59.1 Å². The minimum Gasteiger partial charge on any atom is -0.652 e. The predicted molar refractivity (Wildman–Crippen MR) is 14.2 cm³/mol. The Kier molecular flexibility index (Phi) is 36.4. The van der Waals surface area contributed by atoms with Crippen molar-refractivity contribution in [2.75, 3.05) is 0 Å². The van der Waals surface area contributed by atoms with Crippen LogP contribution in [0.25, 0.3) is 0 Å². The van der Waals surface area contributed by atoms with Crippen LogP contribution in [0.15, 0.2) is 0 Å². The molecule has 0 amide bonds. The topological polar surface area (TPSA) is 127 Å². The second-order valence-electron chi connectivity index (χ2n) is 0.488. The van der Waals surface area contributed by atoms with E-state index in [9.17, 15) is 0 Å². The van der Waals surface area contributed by atoms with Crippen LogP contribution in [0.4, 0.5) is 4.79 Å². The van der Waals surface area contributed by atoms with Crippen molar-refractivity contribution >= 4 is 6.16 Å². The van der Waals surface area contributed by atoms with Crippen LogP contribution < -0.4 is 69.3 Å². The van der Waals surface area contributed by atoms with Crippen LogP contribution in [0, 0.1) is 10.1 Å². The summed E-state index contributed by atoms with van der Waals surface area (Å²) in [5.41, 5.74) is 0. The molecule has 0 heterocycles. The van der Waals surface area contributed by atoms with Crippen molar-refractivity contribution < 1.29 is 84.4 Å². The number of rotatable bonds is 0. The number of hydrogen-bond donors (Lipinski definition) is 1. The summed E-state index contributed by atoms with van der Waals surface area (Å²) in [6, 6.07) is 0. The molecule has 0 aliphatic rings. The van der Waals surface area contributed by atoms with Crippen molar-refractivity contribution in [2.45, 2.75) is 0 Å². The van der Waals surface area contributed by atoms with Gasteiger partial charge in [0.25, 0.3) is 5.09 Å². The number of carboxylic acid groups (broad SMARTS) is 2. The molecule has 0 unspecified atom stereocenters. The molecular formula is CHNNa2O6. The van der Waals surface area contributed by atoms with Crippen molar-refractivity contribution in [1.29, 1.82) is 0 Å². The zero-order valence-corrected chi connectivity index (χ0v) is 9.44. The summed E-state index contributed by atoms with van der Waals surface area (Å²) in [7, 11) is 0. The minimum atomic E-state index is -2.33. The third-order valence-corrected chi connectivity index (χ3v) is 0. The molecule has 10 heavy (non-hydrogen) atoms. The molecule has 0 aliphatic carbocycles. The van der Waals surface area contributed by atoms with Gasteiger partial charge in [0.05, 0.1) is 0 Å². The average Bonchev–Trinajstić information content (AvgIpc) is 1.25. The smallest absolute Gasteiger partial charge is 0.652 e. The van der Waals surface area contributed by atoms with E-state index in [-0.39, 0.29) is 59.1 Å². The molecular weight excluding hydrogens is 168 g/mol. The van der Waals surface area contributed by atoms with Gasteiger partial charge in [0.15, 0.2) is 0 Å². The van der Waals surface area contributed by atoms with Gasteiger partial charge in [-0.2, -0.15) is 0 Å². The maximum atomic E-state index is 8.36. The zero-order valence-electron chi connectivity index (χ0n) is 5.44. The molecule has 0 atom stereocenters. The van der Waals surface area contributed by atoms with E-state index in [1.165, 1.54) is 0 Å². The normalized spacial score (nSPS) is 4.80. The maximum absolute atomic E-state index is 8.36. The van der Waals surface area contributed by atoms with E-state index in [4.69, 9.17) is 30.3 Å². The van der Waals surface area contributed by atoms with Crippen LogP contribution in [-0.2, 0) is 0 Å². The van der Waals surface area contributed by atoms with E-state index in [0.717, 1.165) is 0 Å². The predicted octanol–water partition coefficient (Wildman–Crippen LogP) is -8.79. The van der Waals surface area contributed by atoms with E-state index in [0.29, 0.717) is 0 Å². The van der Waals surface area contributed by atoms with Crippen LogP contribution in [-0.4, -0.2) is 16.4 Å². The Bertz CT molecular complexity index is 73.7. The molecule has 0 saturated carbocycles. The van der Waals surface area contributed by atoms with E-state index >= 15 is 0 Å². The van der Waals surface area contributed by atoms with Gasteiger partial charge in [-0.05, 0) is 6.16 Å². The first-order chi connectivity index (χ1) is 3.46. The first-order valence-corrected chi connectivity index (χ1v) is 1.18. The van der Waals surface area contributed by atoms with Gasteiger partial charge in [0, 0.05) is 0 Å². The Morgan fingerprint density at radius 3 is 1.30 bits per heavy atom. The average molecular weight is 169 g/mol. The summed E-state index contributed by atoms with van der Waals surface area (Å²) < 4.78 is 0. The number of nitrogens with zero attached hydrogens (tertiary/aromatic N) is 1. The van der Waals surface area contributed by atoms with Crippen LogP contribution >= 0.6 is 0 Å². The monoisotopic (exact) mass is 169 g/mol. The number of carbonyl (C=O) groups is 1. The molecule has 0 aromatic carbocycles. The maximum Gasteiger partial charge on any atom is 1.00 e. The SMILES string of the molecule is O=C([O-])[O-].O=[N+]([O-])O.[Na+].[Na+]. The first kappa shape index (κ1) is 22.4. The largest absolute Gasteiger partial charge is 1.00 e. The molecule has 9 heteroatoms. The van der Waals surface area contributed by atoms with Crippen molar-refractivity contribution in [3.8, 4) is 0 Å². The minimum absolute atomic E-state index is 0. The molecule has 0 aromatic heterocycles.